The van der Waals surface area contributed by atoms with E-state index in [9.17, 15) is 4.79 Å². The van der Waals surface area contributed by atoms with Crippen molar-refractivity contribution in [3.05, 3.63) is 17.1 Å². The average molecular weight is 230 g/mol. The standard InChI is InChI=1S/C8H10N2O2S2/c1-4-6(8(11)12)7(14-13-3)10-5(2)9-4/h1-3H3,(H,11,12). The largest absolute Gasteiger partial charge is 0.478 e. The predicted octanol–water partition coefficient (Wildman–Crippen LogP) is 2.16. The highest BCUT2D eigenvalue weighted by Gasteiger charge is 2.16. The smallest absolute Gasteiger partial charge is 0.340 e. The average Bonchev–Trinajstić information content (AvgIpc) is 2.01. The first kappa shape index (κ1) is 11.3. The lowest BCUT2D eigenvalue weighted by Crippen LogP contribution is -2.07. The topological polar surface area (TPSA) is 63.1 Å². The first-order chi connectivity index (χ1) is 6.56. The molecular weight excluding hydrogens is 220 g/mol. The van der Waals surface area contributed by atoms with Crippen LogP contribution in [-0.4, -0.2) is 27.3 Å². The molecule has 1 rings (SSSR count). The van der Waals surface area contributed by atoms with Crippen molar-refractivity contribution in [2.75, 3.05) is 6.26 Å². The Bertz CT molecular complexity index is 369. The summed E-state index contributed by atoms with van der Waals surface area (Å²) in [5.74, 6) is -0.372. The van der Waals surface area contributed by atoms with Crippen LogP contribution in [0.1, 0.15) is 21.9 Å². The van der Waals surface area contributed by atoms with Gasteiger partial charge in [0.2, 0.25) is 0 Å². The molecule has 76 valence electrons. The van der Waals surface area contributed by atoms with Crippen molar-refractivity contribution in [1.82, 2.24) is 9.97 Å². The Morgan fingerprint density at radius 2 is 2.00 bits per heavy atom. The summed E-state index contributed by atoms with van der Waals surface area (Å²) < 4.78 is 0. The third-order valence-electron chi connectivity index (χ3n) is 1.54. The van der Waals surface area contributed by atoms with E-state index in [1.54, 1.807) is 13.8 Å². The van der Waals surface area contributed by atoms with Crippen LogP contribution < -0.4 is 0 Å². The zero-order valence-electron chi connectivity index (χ0n) is 8.07. The van der Waals surface area contributed by atoms with E-state index in [0.717, 1.165) is 0 Å². The van der Waals surface area contributed by atoms with Crippen molar-refractivity contribution in [2.24, 2.45) is 0 Å². The Morgan fingerprint density at radius 1 is 1.36 bits per heavy atom. The Morgan fingerprint density at radius 3 is 2.50 bits per heavy atom. The molecule has 0 aliphatic rings. The molecule has 1 heterocycles. The van der Waals surface area contributed by atoms with Crippen LogP contribution in [0.25, 0.3) is 0 Å². The Labute approximate surface area is 89.9 Å². The summed E-state index contributed by atoms with van der Waals surface area (Å²) >= 11 is 0. The van der Waals surface area contributed by atoms with Crippen LogP contribution in [0.5, 0.6) is 0 Å². The summed E-state index contributed by atoms with van der Waals surface area (Å²) in [5.41, 5.74) is 0.719. The molecule has 0 saturated carbocycles. The quantitative estimate of drug-likeness (QED) is 0.634. The van der Waals surface area contributed by atoms with Crippen LogP contribution in [0.4, 0.5) is 0 Å². The molecule has 0 amide bonds. The molecule has 6 heteroatoms. The van der Waals surface area contributed by atoms with E-state index in [2.05, 4.69) is 9.97 Å². The van der Waals surface area contributed by atoms with Crippen LogP contribution in [0.3, 0.4) is 0 Å². The second-order valence-corrected chi connectivity index (χ2v) is 4.98. The molecule has 14 heavy (non-hydrogen) atoms. The summed E-state index contributed by atoms with van der Waals surface area (Å²) in [6.45, 7) is 3.44. The van der Waals surface area contributed by atoms with Gasteiger partial charge in [0.05, 0.1) is 5.69 Å². The summed E-state index contributed by atoms with van der Waals surface area (Å²) in [6.07, 6.45) is 1.88. The van der Waals surface area contributed by atoms with Gasteiger partial charge in [0.25, 0.3) is 0 Å². The first-order valence-corrected chi connectivity index (χ1v) is 6.41. The van der Waals surface area contributed by atoms with Crippen molar-refractivity contribution < 1.29 is 9.90 Å². The number of carbonyl (C=O) groups is 1. The fraction of sp³-hybridized carbons (Fsp3) is 0.375. The molecule has 1 aromatic rings. The van der Waals surface area contributed by atoms with Crippen molar-refractivity contribution in [3.8, 4) is 0 Å². The van der Waals surface area contributed by atoms with Gasteiger partial charge < -0.3 is 5.11 Å². The zero-order valence-corrected chi connectivity index (χ0v) is 9.70. The lowest BCUT2D eigenvalue weighted by atomic mass is 10.2. The molecule has 0 fully saturated rings. The number of aromatic carboxylic acids is 1. The molecule has 0 unspecified atom stereocenters. The Hall–Kier alpha value is -0.750. The van der Waals surface area contributed by atoms with E-state index >= 15 is 0 Å². The number of hydrogen-bond donors (Lipinski definition) is 1. The van der Waals surface area contributed by atoms with Crippen LogP contribution in [0, 0.1) is 13.8 Å². The van der Waals surface area contributed by atoms with Gasteiger partial charge in [-0.15, -0.1) is 0 Å². The van der Waals surface area contributed by atoms with Crippen LogP contribution in [0.15, 0.2) is 5.03 Å². The van der Waals surface area contributed by atoms with E-state index in [1.165, 1.54) is 21.6 Å². The Kier molecular flexibility index (Phi) is 3.77. The molecule has 1 N–H and O–H groups in total. The summed E-state index contributed by atoms with van der Waals surface area (Å²) in [6, 6.07) is 0. The number of aromatic nitrogens is 2. The van der Waals surface area contributed by atoms with Gasteiger partial charge in [0, 0.05) is 0 Å². The van der Waals surface area contributed by atoms with E-state index in [-0.39, 0.29) is 5.56 Å². The van der Waals surface area contributed by atoms with Gasteiger partial charge in [-0.2, -0.15) is 0 Å². The Balaban J connectivity index is 3.28. The molecule has 0 aromatic carbocycles. The maximum absolute atomic E-state index is 10.9. The van der Waals surface area contributed by atoms with Gasteiger partial charge >= 0.3 is 5.97 Å². The van der Waals surface area contributed by atoms with Crippen molar-refractivity contribution in [3.63, 3.8) is 0 Å². The molecule has 1 aromatic heterocycles. The molecule has 0 saturated heterocycles. The number of hydrogen-bond acceptors (Lipinski definition) is 5. The highest BCUT2D eigenvalue weighted by molar-refractivity contribution is 8.76. The third kappa shape index (κ3) is 2.39. The van der Waals surface area contributed by atoms with E-state index in [4.69, 9.17) is 5.11 Å². The van der Waals surface area contributed by atoms with E-state index < -0.39 is 5.97 Å². The molecule has 0 bridgehead atoms. The number of carboxylic acids is 1. The van der Waals surface area contributed by atoms with Gasteiger partial charge in [-0.1, -0.05) is 10.8 Å². The second kappa shape index (κ2) is 4.65. The van der Waals surface area contributed by atoms with Gasteiger partial charge in [-0.25, -0.2) is 14.8 Å². The lowest BCUT2D eigenvalue weighted by Gasteiger charge is -2.06. The predicted molar refractivity (Wildman–Crippen MR) is 57.8 cm³/mol. The maximum Gasteiger partial charge on any atom is 0.340 e. The minimum Gasteiger partial charge on any atom is -0.478 e. The summed E-state index contributed by atoms with van der Waals surface area (Å²) in [4.78, 5) is 19.0. The third-order valence-corrected chi connectivity index (χ3v) is 3.14. The minimum absolute atomic E-state index is 0.204. The van der Waals surface area contributed by atoms with Crippen molar-refractivity contribution in [1.29, 1.82) is 0 Å². The molecule has 4 nitrogen and oxygen atoms in total. The van der Waals surface area contributed by atoms with Crippen molar-refractivity contribution >= 4 is 27.6 Å². The monoisotopic (exact) mass is 230 g/mol. The number of nitrogens with zero attached hydrogens (tertiary/aromatic N) is 2. The lowest BCUT2D eigenvalue weighted by molar-refractivity contribution is 0.0690. The molecule has 0 aliphatic heterocycles. The van der Waals surface area contributed by atoms with Crippen molar-refractivity contribution in [2.45, 2.75) is 18.9 Å². The number of aryl methyl sites for hydroxylation is 2. The number of carboxylic acid groups (broad SMARTS) is 1. The minimum atomic E-state index is -0.973. The zero-order chi connectivity index (χ0) is 10.7. The number of rotatable bonds is 3. The SMILES string of the molecule is CSSc1nc(C)nc(C)c1C(=O)O. The van der Waals surface area contributed by atoms with Gasteiger partial charge in [0.15, 0.2) is 0 Å². The van der Waals surface area contributed by atoms with E-state index in [1.807, 2.05) is 6.26 Å². The van der Waals surface area contributed by atoms with Crippen LogP contribution >= 0.6 is 21.6 Å². The molecule has 0 radical (unpaired) electrons. The summed E-state index contributed by atoms with van der Waals surface area (Å²) in [7, 11) is 2.81. The van der Waals surface area contributed by atoms with Gasteiger partial charge in [-0.05, 0) is 30.9 Å². The summed E-state index contributed by atoms with van der Waals surface area (Å²) in [5, 5.41) is 9.48. The van der Waals surface area contributed by atoms with E-state index in [0.29, 0.717) is 16.5 Å². The highest BCUT2D eigenvalue weighted by atomic mass is 33.1. The van der Waals surface area contributed by atoms with Crippen LogP contribution in [0.2, 0.25) is 0 Å². The first-order valence-electron chi connectivity index (χ1n) is 3.85. The van der Waals surface area contributed by atoms with Gasteiger partial charge in [-0.3, -0.25) is 0 Å². The molecule has 0 aliphatic carbocycles. The van der Waals surface area contributed by atoms with Crippen LogP contribution in [-0.2, 0) is 0 Å². The fourth-order valence-corrected chi connectivity index (χ4v) is 2.55. The highest BCUT2D eigenvalue weighted by Crippen LogP contribution is 2.30. The molecule has 0 spiro atoms. The normalized spacial score (nSPS) is 10.2. The second-order valence-electron chi connectivity index (χ2n) is 2.59. The fourth-order valence-electron chi connectivity index (χ4n) is 1.07. The maximum atomic E-state index is 10.9. The van der Waals surface area contributed by atoms with Gasteiger partial charge in [0.1, 0.15) is 16.4 Å². The molecule has 0 atom stereocenters. The molecular formula is C8H10N2O2S2.